The van der Waals surface area contributed by atoms with Crippen molar-refractivity contribution in [3.63, 3.8) is 0 Å². The molecule has 0 spiro atoms. The second-order valence-electron chi connectivity index (χ2n) is 5.99. The summed E-state index contributed by atoms with van der Waals surface area (Å²) in [6, 6.07) is 8.27. The van der Waals surface area contributed by atoms with E-state index in [1.165, 1.54) is 24.4 Å². The number of anilines is 1. The summed E-state index contributed by atoms with van der Waals surface area (Å²) in [5.74, 6) is -0.199. The summed E-state index contributed by atoms with van der Waals surface area (Å²) in [4.78, 5) is 19.7. The molecular weight excluding hydrogens is 381 g/mol. The quantitative estimate of drug-likeness (QED) is 0.730. The molecule has 0 saturated carbocycles. The number of nitrogens with zero attached hydrogens (tertiary/aromatic N) is 4. The number of aromatic nitrogens is 1. The van der Waals surface area contributed by atoms with Crippen molar-refractivity contribution in [1.82, 2.24) is 9.88 Å². The maximum absolute atomic E-state index is 13.1. The van der Waals surface area contributed by atoms with Gasteiger partial charge >= 0.3 is 6.18 Å². The molecule has 0 radical (unpaired) electrons. The summed E-state index contributed by atoms with van der Waals surface area (Å²) < 4.78 is 39.4. The Balaban J connectivity index is 1.73. The summed E-state index contributed by atoms with van der Waals surface area (Å²) in [5, 5.41) is 9.10. The van der Waals surface area contributed by atoms with Crippen LogP contribution < -0.4 is 4.90 Å². The molecule has 2 aromatic rings. The van der Waals surface area contributed by atoms with Crippen LogP contribution in [0.4, 0.5) is 18.9 Å². The molecular formula is C18H14ClF3N4O. The molecule has 1 aliphatic rings. The second-order valence-corrected chi connectivity index (χ2v) is 6.37. The van der Waals surface area contributed by atoms with Crippen LogP contribution in [-0.4, -0.2) is 42.0 Å². The van der Waals surface area contributed by atoms with E-state index in [0.29, 0.717) is 37.4 Å². The van der Waals surface area contributed by atoms with E-state index in [1.807, 2.05) is 0 Å². The van der Waals surface area contributed by atoms with Gasteiger partial charge in [0.05, 0.1) is 17.2 Å². The Kier molecular flexibility index (Phi) is 5.24. The van der Waals surface area contributed by atoms with Crippen LogP contribution in [0.15, 0.2) is 36.5 Å². The molecule has 1 aliphatic heterocycles. The Morgan fingerprint density at radius 3 is 2.44 bits per heavy atom. The van der Waals surface area contributed by atoms with Crippen molar-refractivity contribution in [3.05, 3.63) is 58.4 Å². The average molecular weight is 395 g/mol. The Morgan fingerprint density at radius 1 is 1.15 bits per heavy atom. The number of hydrogen-bond acceptors (Lipinski definition) is 4. The van der Waals surface area contributed by atoms with E-state index in [4.69, 9.17) is 16.9 Å². The minimum Gasteiger partial charge on any atom is -0.368 e. The van der Waals surface area contributed by atoms with Crippen molar-refractivity contribution in [2.24, 2.45) is 0 Å². The summed E-state index contributed by atoms with van der Waals surface area (Å²) in [6.07, 6.45) is -3.15. The van der Waals surface area contributed by atoms with Crippen molar-refractivity contribution in [1.29, 1.82) is 5.26 Å². The molecule has 1 fully saturated rings. The highest BCUT2D eigenvalue weighted by Gasteiger charge is 2.34. The highest BCUT2D eigenvalue weighted by molar-refractivity contribution is 6.29. The topological polar surface area (TPSA) is 60.2 Å². The number of pyridine rings is 1. The third kappa shape index (κ3) is 4.14. The van der Waals surface area contributed by atoms with Crippen LogP contribution in [0, 0.1) is 11.3 Å². The molecule has 0 unspecified atom stereocenters. The summed E-state index contributed by atoms with van der Waals surface area (Å²) in [7, 11) is 0. The Hall–Kier alpha value is -2.79. The lowest BCUT2D eigenvalue weighted by atomic mass is 10.1. The molecule has 0 aliphatic carbocycles. The SMILES string of the molecule is N#Cc1ccc(N2CCN(C(=O)c3ccnc(Cl)c3)CC2)cc1C(F)(F)F. The fourth-order valence-electron chi connectivity index (χ4n) is 2.95. The molecule has 1 aromatic heterocycles. The smallest absolute Gasteiger partial charge is 0.368 e. The first-order chi connectivity index (χ1) is 12.8. The number of hydrogen-bond donors (Lipinski definition) is 0. The molecule has 9 heteroatoms. The molecule has 27 heavy (non-hydrogen) atoms. The largest absolute Gasteiger partial charge is 0.417 e. The van der Waals surface area contributed by atoms with Crippen LogP contribution in [-0.2, 0) is 6.18 Å². The van der Waals surface area contributed by atoms with Crippen LogP contribution in [0.25, 0.3) is 0 Å². The highest BCUT2D eigenvalue weighted by atomic mass is 35.5. The van der Waals surface area contributed by atoms with E-state index in [0.717, 1.165) is 6.07 Å². The number of carbonyl (C=O) groups is 1. The van der Waals surface area contributed by atoms with Gasteiger partial charge in [0.25, 0.3) is 5.91 Å². The van der Waals surface area contributed by atoms with Gasteiger partial charge in [-0.1, -0.05) is 11.6 Å². The number of nitriles is 1. The van der Waals surface area contributed by atoms with E-state index < -0.39 is 17.3 Å². The Labute approximate surface area is 158 Å². The van der Waals surface area contributed by atoms with Gasteiger partial charge in [0.2, 0.25) is 0 Å². The van der Waals surface area contributed by atoms with Gasteiger partial charge in [-0.3, -0.25) is 4.79 Å². The third-order valence-electron chi connectivity index (χ3n) is 4.33. The zero-order chi connectivity index (χ0) is 19.6. The first-order valence-electron chi connectivity index (χ1n) is 8.06. The Morgan fingerprint density at radius 2 is 1.85 bits per heavy atom. The maximum Gasteiger partial charge on any atom is 0.417 e. The molecule has 1 aromatic carbocycles. The molecule has 0 bridgehead atoms. The van der Waals surface area contributed by atoms with Gasteiger partial charge in [-0.15, -0.1) is 0 Å². The van der Waals surface area contributed by atoms with Crippen molar-refractivity contribution in [2.45, 2.75) is 6.18 Å². The van der Waals surface area contributed by atoms with E-state index >= 15 is 0 Å². The molecule has 5 nitrogen and oxygen atoms in total. The van der Waals surface area contributed by atoms with Crippen LogP contribution in [0.1, 0.15) is 21.5 Å². The van der Waals surface area contributed by atoms with Gasteiger partial charge in [0.15, 0.2) is 0 Å². The number of piperazine rings is 1. The minimum atomic E-state index is -4.60. The van der Waals surface area contributed by atoms with E-state index in [1.54, 1.807) is 21.9 Å². The average Bonchev–Trinajstić information content (AvgIpc) is 2.66. The van der Waals surface area contributed by atoms with Gasteiger partial charge in [-0.05, 0) is 30.3 Å². The predicted octanol–water partition coefficient (Wildman–Crippen LogP) is 3.59. The number of halogens is 4. The molecule has 1 amide bonds. The van der Waals surface area contributed by atoms with Gasteiger partial charge < -0.3 is 9.80 Å². The van der Waals surface area contributed by atoms with Crippen LogP contribution in [0.2, 0.25) is 5.15 Å². The summed E-state index contributed by atoms with van der Waals surface area (Å²) in [6.45, 7) is 1.49. The molecule has 1 saturated heterocycles. The lowest BCUT2D eigenvalue weighted by Crippen LogP contribution is -2.48. The standard InChI is InChI=1S/C18H14ClF3N4O/c19-16-9-12(3-4-24-16)17(27)26-7-5-25(6-8-26)14-2-1-13(11-23)15(10-14)18(20,21)22/h1-4,9-10H,5-8H2. The van der Waals surface area contributed by atoms with Crippen LogP contribution >= 0.6 is 11.6 Å². The van der Waals surface area contributed by atoms with Crippen molar-refractivity contribution in [3.8, 4) is 6.07 Å². The third-order valence-corrected chi connectivity index (χ3v) is 4.54. The van der Waals surface area contributed by atoms with Gasteiger partial charge in [-0.2, -0.15) is 18.4 Å². The molecule has 0 N–H and O–H groups in total. The predicted molar refractivity (Wildman–Crippen MR) is 93.5 cm³/mol. The van der Waals surface area contributed by atoms with E-state index in [2.05, 4.69) is 4.98 Å². The summed E-state index contributed by atoms with van der Waals surface area (Å²) >= 11 is 5.80. The lowest BCUT2D eigenvalue weighted by molar-refractivity contribution is -0.137. The first-order valence-corrected chi connectivity index (χ1v) is 8.44. The minimum absolute atomic E-state index is 0.199. The fraction of sp³-hybridized carbons (Fsp3) is 0.278. The zero-order valence-corrected chi connectivity index (χ0v) is 14.8. The van der Waals surface area contributed by atoms with Crippen molar-refractivity contribution >= 4 is 23.2 Å². The molecule has 3 rings (SSSR count). The lowest BCUT2D eigenvalue weighted by Gasteiger charge is -2.36. The van der Waals surface area contributed by atoms with E-state index in [-0.39, 0.29) is 11.1 Å². The second kappa shape index (κ2) is 7.45. The molecule has 0 atom stereocenters. The zero-order valence-electron chi connectivity index (χ0n) is 14.0. The number of benzene rings is 1. The van der Waals surface area contributed by atoms with Gasteiger partial charge in [0, 0.05) is 43.6 Å². The normalized spacial score (nSPS) is 14.8. The monoisotopic (exact) mass is 394 g/mol. The molecule has 140 valence electrons. The first kappa shape index (κ1) is 19.0. The van der Waals surface area contributed by atoms with Crippen LogP contribution in [0.3, 0.4) is 0 Å². The van der Waals surface area contributed by atoms with Gasteiger partial charge in [-0.25, -0.2) is 4.98 Å². The van der Waals surface area contributed by atoms with Crippen molar-refractivity contribution < 1.29 is 18.0 Å². The Bertz CT molecular complexity index is 902. The number of alkyl halides is 3. The number of rotatable bonds is 2. The van der Waals surface area contributed by atoms with Gasteiger partial charge in [0.1, 0.15) is 5.15 Å². The number of carbonyl (C=O) groups excluding carboxylic acids is 1. The van der Waals surface area contributed by atoms with Crippen LogP contribution in [0.5, 0.6) is 0 Å². The molecule has 2 heterocycles. The maximum atomic E-state index is 13.1. The number of amides is 1. The highest BCUT2D eigenvalue weighted by Crippen LogP contribution is 2.34. The van der Waals surface area contributed by atoms with E-state index in [9.17, 15) is 18.0 Å². The fourth-order valence-corrected chi connectivity index (χ4v) is 3.12. The summed E-state index contributed by atoms with van der Waals surface area (Å²) in [5.41, 5.74) is -0.566. The van der Waals surface area contributed by atoms with Crippen molar-refractivity contribution in [2.75, 3.05) is 31.1 Å².